The standard InChI is InChI=1S/C11H9BrF3N3O/c1-17-10(19)18(6-16-17)5-7-2-8(11(13,14)15)4-9(12)3-7/h2-4,6H,5H2,1H3. The maximum atomic E-state index is 12.7. The van der Waals surface area contributed by atoms with Crippen molar-refractivity contribution in [3.63, 3.8) is 0 Å². The van der Waals surface area contributed by atoms with E-state index in [2.05, 4.69) is 21.0 Å². The van der Waals surface area contributed by atoms with Gasteiger partial charge in [0.15, 0.2) is 0 Å². The van der Waals surface area contributed by atoms with Crippen molar-refractivity contribution in [2.75, 3.05) is 0 Å². The molecule has 0 aliphatic rings. The number of rotatable bonds is 2. The van der Waals surface area contributed by atoms with Gasteiger partial charge in [0, 0.05) is 11.5 Å². The Balaban J connectivity index is 2.38. The molecule has 0 atom stereocenters. The van der Waals surface area contributed by atoms with Gasteiger partial charge in [-0.2, -0.15) is 18.3 Å². The second kappa shape index (κ2) is 4.84. The summed E-state index contributed by atoms with van der Waals surface area (Å²) in [5.41, 5.74) is -0.765. The van der Waals surface area contributed by atoms with Crippen LogP contribution in [0.3, 0.4) is 0 Å². The van der Waals surface area contributed by atoms with Crippen molar-refractivity contribution in [3.05, 3.63) is 50.6 Å². The zero-order valence-electron chi connectivity index (χ0n) is 9.78. The van der Waals surface area contributed by atoms with E-state index in [0.29, 0.717) is 10.0 Å². The highest BCUT2D eigenvalue weighted by Crippen LogP contribution is 2.32. The van der Waals surface area contributed by atoms with E-state index in [1.54, 1.807) is 0 Å². The van der Waals surface area contributed by atoms with Crippen molar-refractivity contribution >= 4 is 15.9 Å². The largest absolute Gasteiger partial charge is 0.416 e. The smallest absolute Gasteiger partial charge is 0.277 e. The highest BCUT2D eigenvalue weighted by Gasteiger charge is 2.31. The Labute approximate surface area is 114 Å². The van der Waals surface area contributed by atoms with Gasteiger partial charge >= 0.3 is 11.9 Å². The van der Waals surface area contributed by atoms with Crippen LogP contribution in [0.4, 0.5) is 13.2 Å². The molecular formula is C11H9BrF3N3O. The third-order valence-electron chi connectivity index (χ3n) is 2.52. The van der Waals surface area contributed by atoms with Gasteiger partial charge in [-0.25, -0.2) is 9.48 Å². The van der Waals surface area contributed by atoms with Crippen LogP contribution in [0.2, 0.25) is 0 Å². The molecule has 4 nitrogen and oxygen atoms in total. The van der Waals surface area contributed by atoms with Crippen LogP contribution in [0, 0.1) is 0 Å². The number of aryl methyl sites for hydroxylation is 1. The van der Waals surface area contributed by atoms with Gasteiger partial charge in [0.25, 0.3) is 0 Å². The van der Waals surface area contributed by atoms with Crippen LogP contribution in [0.25, 0.3) is 0 Å². The zero-order chi connectivity index (χ0) is 14.2. The molecule has 2 aromatic rings. The topological polar surface area (TPSA) is 39.8 Å². The Morgan fingerprint density at radius 3 is 2.53 bits per heavy atom. The van der Waals surface area contributed by atoms with Gasteiger partial charge in [-0.3, -0.25) is 4.57 Å². The molecule has 2 rings (SSSR count). The number of hydrogen-bond donors (Lipinski definition) is 0. The summed E-state index contributed by atoms with van der Waals surface area (Å²) in [5, 5.41) is 3.74. The van der Waals surface area contributed by atoms with Gasteiger partial charge in [0.1, 0.15) is 6.33 Å². The molecule has 0 amide bonds. The Hall–Kier alpha value is -1.57. The van der Waals surface area contributed by atoms with E-state index in [4.69, 9.17) is 0 Å². The van der Waals surface area contributed by atoms with E-state index in [-0.39, 0.29) is 12.2 Å². The van der Waals surface area contributed by atoms with E-state index in [9.17, 15) is 18.0 Å². The average Bonchev–Trinajstić information content (AvgIpc) is 2.59. The first-order valence-electron chi connectivity index (χ1n) is 5.22. The Morgan fingerprint density at radius 1 is 1.32 bits per heavy atom. The first-order chi connectivity index (χ1) is 8.77. The van der Waals surface area contributed by atoms with Crippen LogP contribution < -0.4 is 5.69 Å². The fourth-order valence-electron chi connectivity index (χ4n) is 1.63. The molecule has 102 valence electrons. The SMILES string of the molecule is Cn1ncn(Cc2cc(Br)cc(C(F)(F)F)c2)c1=O. The lowest BCUT2D eigenvalue weighted by Gasteiger charge is -2.10. The summed E-state index contributed by atoms with van der Waals surface area (Å²) in [6.07, 6.45) is -3.13. The van der Waals surface area contributed by atoms with E-state index in [1.165, 1.54) is 24.0 Å². The van der Waals surface area contributed by atoms with Gasteiger partial charge in [-0.05, 0) is 23.8 Å². The number of nitrogens with zero attached hydrogens (tertiary/aromatic N) is 3. The minimum Gasteiger partial charge on any atom is -0.277 e. The van der Waals surface area contributed by atoms with Gasteiger partial charge < -0.3 is 0 Å². The van der Waals surface area contributed by atoms with E-state index >= 15 is 0 Å². The van der Waals surface area contributed by atoms with Crippen LogP contribution in [0.5, 0.6) is 0 Å². The summed E-state index contributed by atoms with van der Waals surface area (Å²) in [6.45, 7) is 0.0369. The fourth-order valence-corrected chi connectivity index (χ4v) is 2.18. The summed E-state index contributed by atoms with van der Waals surface area (Å²) >= 11 is 3.03. The predicted molar refractivity (Wildman–Crippen MR) is 65.7 cm³/mol. The minimum absolute atomic E-state index is 0.0369. The Kier molecular flexibility index (Phi) is 3.53. The van der Waals surface area contributed by atoms with Crippen molar-refractivity contribution in [2.45, 2.75) is 12.7 Å². The van der Waals surface area contributed by atoms with Gasteiger partial charge in [0.2, 0.25) is 0 Å². The molecule has 8 heteroatoms. The van der Waals surface area contributed by atoms with E-state index in [1.807, 2.05) is 0 Å². The lowest BCUT2D eigenvalue weighted by Crippen LogP contribution is -2.23. The molecule has 1 heterocycles. The van der Waals surface area contributed by atoms with Crippen molar-refractivity contribution < 1.29 is 13.2 Å². The molecule has 0 aliphatic carbocycles. The normalized spacial score (nSPS) is 11.8. The lowest BCUT2D eigenvalue weighted by atomic mass is 10.1. The predicted octanol–water partition coefficient (Wildman–Crippen LogP) is 2.41. The Morgan fingerprint density at radius 2 is 2.00 bits per heavy atom. The third-order valence-corrected chi connectivity index (χ3v) is 2.98. The number of benzene rings is 1. The molecule has 1 aromatic heterocycles. The second-order valence-corrected chi connectivity index (χ2v) is 4.93. The van der Waals surface area contributed by atoms with Crippen molar-refractivity contribution in [3.8, 4) is 0 Å². The lowest BCUT2D eigenvalue weighted by molar-refractivity contribution is -0.137. The number of halogens is 4. The maximum absolute atomic E-state index is 12.7. The molecule has 0 saturated carbocycles. The number of hydrogen-bond acceptors (Lipinski definition) is 2. The molecule has 0 spiro atoms. The molecule has 0 radical (unpaired) electrons. The summed E-state index contributed by atoms with van der Waals surface area (Å²) in [5.74, 6) is 0. The first kappa shape index (κ1) is 13.9. The molecule has 0 bridgehead atoms. The summed E-state index contributed by atoms with van der Waals surface area (Å²) < 4.78 is 40.7. The highest BCUT2D eigenvalue weighted by atomic mass is 79.9. The summed E-state index contributed by atoms with van der Waals surface area (Å²) in [6, 6.07) is 3.55. The first-order valence-corrected chi connectivity index (χ1v) is 6.02. The van der Waals surface area contributed by atoms with Crippen LogP contribution in [0.1, 0.15) is 11.1 Å². The zero-order valence-corrected chi connectivity index (χ0v) is 11.4. The third kappa shape index (κ3) is 3.06. The number of aromatic nitrogens is 3. The molecule has 0 fully saturated rings. The molecule has 19 heavy (non-hydrogen) atoms. The highest BCUT2D eigenvalue weighted by molar-refractivity contribution is 9.10. The fraction of sp³-hybridized carbons (Fsp3) is 0.273. The van der Waals surface area contributed by atoms with Crippen LogP contribution in [-0.2, 0) is 19.8 Å². The molecule has 0 unspecified atom stereocenters. The van der Waals surface area contributed by atoms with Gasteiger partial charge in [-0.1, -0.05) is 15.9 Å². The number of alkyl halides is 3. The second-order valence-electron chi connectivity index (χ2n) is 4.01. The van der Waals surface area contributed by atoms with Crippen LogP contribution >= 0.6 is 15.9 Å². The molecule has 1 aromatic carbocycles. The summed E-state index contributed by atoms with van der Waals surface area (Å²) in [7, 11) is 1.47. The Bertz CT molecular complexity index is 660. The van der Waals surface area contributed by atoms with Crippen molar-refractivity contribution in [1.82, 2.24) is 14.3 Å². The van der Waals surface area contributed by atoms with Crippen molar-refractivity contribution in [1.29, 1.82) is 0 Å². The van der Waals surface area contributed by atoms with Crippen molar-refractivity contribution in [2.24, 2.45) is 7.05 Å². The molecule has 0 aliphatic heterocycles. The molecule has 0 N–H and O–H groups in total. The molecule has 0 saturated heterocycles. The summed E-state index contributed by atoms with van der Waals surface area (Å²) in [4.78, 5) is 11.6. The monoisotopic (exact) mass is 335 g/mol. The maximum Gasteiger partial charge on any atom is 0.416 e. The van der Waals surface area contributed by atoms with E-state index < -0.39 is 11.7 Å². The van der Waals surface area contributed by atoms with Crippen LogP contribution in [0.15, 0.2) is 33.8 Å². The van der Waals surface area contributed by atoms with Gasteiger partial charge in [0.05, 0.1) is 12.1 Å². The average molecular weight is 336 g/mol. The van der Waals surface area contributed by atoms with Crippen LogP contribution in [-0.4, -0.2) is 14.3 Å². The quantitative estimate of drug-likeness (QED) is 0.845. The van der Waals surface area contributed by atoms with Gasteiger partial charge in [-0.15, -0.1) is 0 Å². The van der Waals surface area contributed by atoms with E-state index in [0.717, 1.165) is 16.8 Å². The molecular weight excluding hydrogens is 327 g/mol. The minimum atomic E-state index is -4.42.